The van der Waals surface area contributed by atoms with E-state index in [0.29, 0.717) is 31.8 Å². The number of nitrogens with zero attached hydrogens (tertiary/aromatic N) is 1. The van der Waals surface area contributed by atoms with Crippen LogP contribution in [0.1, 0.15) is 66.8 Å². The molecule has 1 saturated heterocycles. The van der Waals surface area contributed by atoms with Crippen molar-refractivity contribution < 1.29 is 27.8 Å². The van der Waals surface area contributed by atoms with Crippen molar-refractivity contribution in [1.29, 1.82) is 0 Å². The highest BCUT2D eigenvalue weighted by molar-refractivity contribution is 5.99. The first-order valence-corrected chi connectivity index (χ1v) is 12.9. The molecule has 2 amide bonds. The van der Waals surface area contributed by atoms with Crippen molar-refractivity contribution in [2.45, 2.75) is 50.9 Å². The summed E-state index contributed by atoms with van der Waals surface area (Å²) >= 11 is 0. The van der Waals surface area contributed by atoms with Crippen LogP contribution in [0.15, 0.2) is 42.5 Å². The number of hydrogen-bond donors (Lipinski definition) is 1. The first kappa shape index (κ1) is 26.6. The summed E-state index contributed by atoms with van der Waals surface area (Å²) in [6, 6.07) is 8.87. The third kappa shape index (κ3) is 6.29. The van der Waals surface area contributed by atoms with Gasteiger partial charge in [-0.05, 0) is 67.4 Å². The van der Waals surface area contributed by atoms with E-state index >= 15 is 0 Å². The average molecular weight is 513 g/mol. The normalized spacial score (nSPS) is 17.1. The molecule has 6 nitrogen and oxygen atoms in total. The summed E-state index contributed by atoms with van der Waals surface area (Å²) in [5, 5.41) is 2.92. The maximum atomic E-state index is 14.8. The molecular weight excluding hydrogens is 478 g/mol. The van der Waals surface area contributed by atoms with Gasteiger partial charge < -0.3 is 19.7 Å². The van der Waals surface area contributed by atoms with Gasteiger partial charge in [-0.25, -0.2) is 4.39 Å². The highest BCUT2D eigenvalue weighted by atomic mass is 19.1. The Morgan fingerprint density at radius 3 is 2.24 bits per heavy atom. The number of carbonyl (C=O) groups is 2. The van der Waals surface area contributed by atoms with Gasteiger partial charge in [-0.15, -0.1) is 0 Å². The summed E-state index contributed by atoms with van der Waals surface area (Å²) in [5.41, 5.74) is 1.59. The third-order valence-electron chi connectivity index (χ3n) is 7.38. The molecule has 2 fully saturated rings. The van der Waals surface area contributed by atoms with Gasteiger partial charge in [0.25, 0.3) is 5.91 Å². The van der Waals surface area contributed by atoms with Crippen molar-refractivity contribution in [3.05, 3.63) is 65.2 Å². The van der Waals surface area contributed by atoms with Gasteiger partial charge in [0, 0.05) is 18.8 Å². The Morgan fingerprint density at radius 1 is 0.946 bits per heavy atom. The van der Waals surface area contributed by atoms with Crippen LogP contribution in [0.2, 0.25) is 0 Å². The zero-order valence-corrected chi connectivity index (χ0v) is 21.4. The Hall–Kier alpha value is -3.42. The molecule has 0 unspecified atom stereocenters. The minimum atomic E-state index is -1.03. The summed E-state index contributed by atoms with van der Waals surface area (Å²) in [4.78, 5) is 26.9. The standard InChI is InChI=1S/C29H34F2N2O4/c1-36-24-18-23(26(30)28(37-2)27(24)31)29(35)33-16-14-21(15-17-33)20-9-11-22(12-10-20)32-25(34)13-8-19-6-4-3-5-7-19/h8-13,18-19,21H,3-7,14-17H2,1-2H3,(H,32,34)/b13-8+. The van der Waals surface area contributed by atoms with E-state index in [1.165, 1.54) is 26.4 Å². The number of piperidine rings is 1. The predicted octanol–water partition coefficient (Wildman–Crippen LogP) is 6.08. The molecule has 2 aliphatic rings. The van der Waals surface area contributed by atoms with Crippen molar-refractivity contribution in [2.24, 2.45) is 5.92 Å². The van der Waals surface area contributed by atoms with Crippen LogP contribution in [0.25, 0.3) is 0 Å². The van der Waals surface area contributed by atoms with Crippen LogP contribution in [0.5, 0.6) is 11.5 Å². The molecule has 1 N–H and O–H groups in total. The lowest BCUT2D eigenvalue weighted by Crippen LogP contribution is -2.38. The van der Waals surface area contributed by atoms with E-state index in [0.717, 1.165) is 37.3 Å². The second kappa shape index (κ2) is 12.2. The Bertz CT molecular complexity index is 1140. The molecule has 37 heavy (non-hydrogen) atoms. The van der Waals surface area contributed by atoms with Crippen LogP contribution < -0.4 is 14.8 Å². The zero-order valence-electron chi connectivity index (χ0n) is 21.4. The van der Waals surface area contributed by atoms with Crippen LogP contribution in [0.4, 0.5) is 14.5 Å². The number of allylic oxidation sites excluding steroid dienone is 1. The molecule has 0 bridgehead atoms. The van der Waals surface area contributed by atoms with E-state index < -0.39 is 23.3 Å². The lowest BCUT2D eigenvalue weighted by molar-refractivity contribution is -0.111. The van der Waals surface area contributed by atoms with Gasteiger partial charge in [0.1, 0.15) is 0 Å². The van der Waals surface area contributed by atoms with Crippen LogP contribution in [-0.2, 0) is 4.79 Å². The smallest absolute Gasteiger partial charge is 0.257 e. The van der Waals surface area contributed by atoms with Crippen molar-refractivity contribution >= 4 is 17.5 Å². The molecule has 8 heteroatoms. The highest BCUT2D eigenvalue weighted by Crippen LogP contribution is 2.34. The largest absolute Gasteiger partial charge is 0.494 e. The minimum Gasteiger partial charge on any atom is -0.494 e. The van der Waals surface area contributed by atoms with E-state index in [4.69, 9.17) is 9.47 Å². The molecule has 1 aliphatic heterocycles. The summed E-state index contributed by atoms with van der Waals surface area (Å²) in [5.74, 6) is -2.78. The van der Waals surface area contributed by atoms with E-state index in [-0.39, 0.29) is 23.1 Å². The van der Waals surface area contributed by atoms with Gasteiger partial charge in [-0.1, -0.05) is 37.5 Å². The number of rotatable bonds is 7. The van der Waals surface area contributed by atoms with Crippen LogP contribution >= 0.6 is 0 Å². The molecule has 2 aromatic rings. The van der Waals surface area contributed by atoms with Gasteiger partial charge in [0.2, 0.25) is 11.7 Å². The van der Waals surface area contributed by atoms with Gasteiger partial charge in [-0.3, -0.25) is 9.59 Å². The number of hydrogen-bond acceptors (Lipinski definition) is 4. The Kier molecular flexibility index (Phi) is 8.79. The molecule has 2 aromatic carbocycles. The number of benzene rings is 2. The monoisotopic (exact) mass is 512 g/mol. The highest BCUT2D eigenvalue weighted by Gasteiger charge is 2.30. The van der Waals surface area contributed by atoms with Gasteiger partial charge >= 0.3 is 0 Å². The maximum absolute atomic E-state index is 14.8. The molecule has 4 rings (SSSR count). The van der Waals surface area contributed by atoms with Crippen molar-refractivity contribution in [3.8, 4) is 11.5 Å². The SMILES string of the molecule is COc1cc(C(=O)N2CCC(c3ccc(NC(=O)/C=C/C4CCCCC4)cc3)CC2)c(F)c(OC)c1F. The first-order chi connectivity index (χ1) is 17.9. The molecule has 198 valence electrons. The second-order valence-electron chi connectivity index (χ2n) is 9.72. The van der Waals surface area contributed by atoms with Gasteiger partial charge in [-0.2, -0.15) is 4.39 Å². The number of likely N-dealkylation sites (tertiary alicyclic amines) is 1. The number of ether oxygens (including phenoxy) is 2. The van der Waals surface area contributed by atoms with Gasteiger partial charge in [0.15, 0.2) is 17.3 Å². The Balaban J connectivity index is 1.33. The van der Waals surface area contributed by atoms with Crippen molar-refractivity contribution in [2.75, 3.05) is 32.6 Å². The lowest BCUT2D eigenvalue weighted by Gasteiger charge is -2.32. The second-order valence-corrected chi connectivity index (χ2v) is 9.72. The quantitative estimate of drug-likeness (QED) is 0.457. The van der Waals surface area contributed by atoms with E-state index in [9.17, 15) is 18.4 Å². The fraction of sp³-hybridized carbons (Fsp3) is 0.448. The predicted molar refractivity (Wildman–Crippen MR) is 138 cm³/mol. The van der Waals surface area contributed by atoms with Crippen molar-refractivity contribution in [1.82, 2.24) is 4.90 Å². The molecule has 0 atom stereocenters. The number of halogens is 2. The number of carbonyl (C=O) groups excluding carboxylic acids is 2. The fourth-order valence-electron chi connectivity index (χ4n) is 5.23. The van der Waals surface area contributed by atoms with Gasteiger partial charge in [0.05, 0.1) is 19.8 Å². The van der Waals surface area contributed by atoms with E-state index in [1.807, 2.05) is 30.3 Å². The molecule has 1 saturated carbocycles. The number of amides is 2. The summed E-state index contributed by atoms with van der Waals surface area (Å²) in [6.07, 6.45) is 11.2. The Morgan fingerprint density at radius 2 is 1.62 bits per heavy atom. The fourth-order valence-corrected chi connectivity index (χ4v) is 5.23. The number of nitrogens with one attached hydrogen (secondary N) is 1. The molecule has 0 aromatic heterocycles. The molecule has 0 spiro atoms. The molecule has 0 radical (unpaired) electrons. The topological polar surface area (TPSA) is 67.9 Å². The third-order valence-corrected chi connectivity index (χ3v) is 7.38. The van der Waals surface area contributed by atoms with Crippen LogP contribution in [0.3, 0.4) is 0 Å². The average Bonchev–Trinajstić information content (AvgIpc) is 2.93. The zero-order chi connectivity index (χ0) is 26.4. The van der Waals surface area contributed by atoms with E-state index in [1.54, 1.807) is 11.0 Å². The summed E-state index contributed by atoms with van der Waals surface area (Å²) in [6.45, 7) is 0.880. The number of anilines is 1. The minimum absolute atomic E-state index is 0.119. The van der Waals surface area contributed by atoms with Crippen LogP contribution in [-0.4, -0.2) is 44.0 Å². The molecule has 1 heterocycles. The first-order valence-electron chi connectivity index (χ1n) is 12.9. The van der Waals surface area contributed by atoms with Crippen LogP contribution in [0, 0.1) is 17.6 Å². The summed E-state index contributed by atoms with van der Waals surface area (Å²) < 4.78 is 38.8. The maximum Gasteiger partial charge on any atom is 0.257 e. The van der Waals surface area contributed by atoms with E-state index in [2.05, 4.69) is 5.32 Å². The summed E-state index contributed by atoms with van der Waals surface area (Å²) in [7, 11) is 2.39. The lowest BCUT2D eigenvalue weighted by atomic mass is 9.89. The van der Waals surface area contributed by atoms with Crippen molar-refractivity contribution in [3.63, 3.8) is 0 Å². The molecule has 1 aliphatic carbocycles. The molecular formula is C29H34F2N2O4. The number of methoxy groups -OCH3 is 2. The Labute approximate surface area is 216 Å².